The number of nitrogens with one attached hydrogen (secondary N) is 1. The van der Waals surface area contributed by atoms with Gasteiger partial charge in [-0.05, 0) is 43.3 Å². The zero-order chi connectivity index (χ0) is 24.4. The van der Waals surface area contributed by atoms with Gasteiger partial charge >= 0.3 is 5.97 Å². The first-order chi connectivity index (χ1) is 16.9. The molecule has 2 N–H and O–H groups in total. The Kier molecular flexibility index (Phi) is 6.66. The van der Waals surface area contributed by atoms with E-state index in [0.717, 1.165) is 33.0 Å². The number of aliphatic carboxylic acids is 1. The molecule has 1 unspecified atom stereocenters. The van der Waals surface area contributed by atoms with Crippen LogP contribution in [0.4, 0.5) is 0 Å². The van der Waals surface area contributed by atoms with E-state index in [-0.39, 0.29) is 18.3 Å². The minimum Gasteiger partial charge on any atom is -0.485 e. The van der Waals surface area contributed by atoms with Crippen molar-refractivity contribution in [2.75, 3.05) is 6.54 Å². The molecule has 2 aromatic carbocycles. The van der Waals surface area contributed by atoms with Gasteiger partial charge in [-0.25, -0.2) is 4.98 Å². The molecule has 4 aromatic rings. The molecule has 7 nitrogen and oxygen atoms in total. The van der Waals surface area contributed by atoms with Crippen molar-refractivity contribution >= 4 is 45.3 Å². The van der Waals surface area contributed by atoms with E-state index in [1.165, 1.54) is 11.8 Å². The molecule has 0 aliphatic carbocycles. The first-order valence-corrected chi connectivity index (χ1v) is 12.3. The maximum atomic E-state index is 11.1. The average molecular weight is 508 g/mol. The third-order valence-electron chi connectivity index (χ3n) is 5.42. The van der Waals surface area contributed by atoms with E-state index in [1.807, 2.05) is 61.5 Å². The van der Waals surface area contributed by atoms with Crippen molar-refractivity contribution in [3.05, 3.63) is 82.8 Å². The molecule has 35 heavy (non-hydrogen) atoms. The second-order valence-electron chi connectivity index (χ2n) is 8.21. The first kappa shape index (κ1) is 23.3. The highest BCUT2D eigenvalue weighted by atomic mass is 35.5. The fourth-order valence-electron chi connectivity index (χ4n) is 3.76. The predicted molar refractivity (Wildman–Crippen MR) is 138 cm³/mol. The van der Waals surface area contributed by atoms with Crippen molar-refractivity contribution in [2.24, 2.45) is 4.99 Å². The van der Waals surface area contributed by atoms with Gasteiger partial charge in [-0.3, -0.25) is 9.79 Å². The van der Waals surface area contributed by atoms with E-state index < -0.39 is 5.97 Å². The van der Waals surface area contributed by atoms with E-state index >= 15 is 0 Å². The van der Waals surface area contributed by atoms with Crippen LogP contribution in [0.2, 0.25) is 5.15 Å². The fraction of sp³-hybridized carbons (Fsp3) is 0.192. The Morgan fingerprint density at radius 3 is 2.77 bits per heavy atom. The molecule has 1 aliphatic heterocycles. The molecule has 2 aromatic heterocycles. The van der Waals surface area contributed by atoms with Crippen LogP contribution in [0.15, 0.2) is 65.7 Å². The number of aryl methyl sites for hydroxylation is 1. The van der Waals surface area contributed by atoms with Crippen LogP contribution < -0.4 is 9.47 Å². The third kappa shape index (κ3) is 5.61. The maximum Gasteiger partial charge on any atom is 0.304 e. The van der Waals surface area contributed by atoms with Crippen molar-refractivity contribution in [2.45, 2.75) is 25.2 Å². The number of carboxylic acids is 1. The van der Waals surface area contributed by atoms with E-state index in [4.69, 9.17) is 26.2 Å². The second-order valence-corrected chi connectivity index (χ2v) is 9.88. The van der Waals surface area contributed by atoms with Crippen molar-refractivity contribution in [1.82, 2.24) is 9.97 Å². The number of aliphatic imine (C=N–C) groups is 1. The normalized spacial score (nSPS) is 15.3. The molecule has 0 bridgehead atoms. The number of hydrogen-bond acceptors (Lipinski definition) is 6. The van der Waals surface area contributed by atoms with Crippen LogP contribution in [-0.4, -0.2) is 37.9 Å². The number of fused-ring (bicyclic) bond motifs is 1. The van der Waals surface area contributed by atoms with Crippen molar-refractivity contribution < 1.29 is 19.4 Å². The summed E-state index contributed by atoms with van der Waals surface area (Å²) in [6.07, 6.45) is 0.0768. The predicted octanol–water partition coefficient (Wildman–Crippen LogP) is 6.23. The second kappa shape index (κ2) is 10.0. The monoisotopic (exact) mass is 507 g/mol. The average Bonchev–Trinajstić information content (AvgIpc) is 3.46. The minimum atomic E-state index is -0.821. The van der Waals surface area contributed by atoms with Gasteiger partial charge < -0.3 is 19.6 Å². The number of nitrogens with zero attached hydrogens (tertiary/aromatic N) is 2. The van der Waals surface area contributed by atoms with Gasteiger partial charge in [0.05, 0.1) is 29.9 Å². The number of aromatic nitrogens is 2. The highest BCUT2D eigenvalue weighted by Gasteiger charge is 2.24. The van der Waals surface area contributed by atoms with Crippen LogP contribution in [-0.2, 0) is 11.4 Å². The molecular weight excluding hydrogens is 486 g/mol. The SMILES string of the molecule is Cc1ccc(Oc2cc(OCc3cccc(Cl)n3)c3[nH]c(C4=NCC(CC(=O)O)S4)cc3c2)cc1. The van der Waals surface area contributed by atoms with Crippen LogP contribution in [0, 0.1) is 6.92 Å². The van der Waals surface area contributed by atoms with Crippen molar-refractivity contribution in [3.63, 3.8) is 0 Å². The zero-order valence-electron chi connectivity index (χ0n) is 18.8. The lowest BCUT2D eigenvalue weighted by Gasteiger charge is -2.11. The smallest absolute Gasteiger partial charge is 0.304 e. The molecule has 9 heteroatoms. The highest BCUT2D eigenvalue weighted by Crippen LogP contribution is 2.36. The number of carbonyl (C=O) groups is 1. The number of benzene rings is 2. The van der Waals surface area contributed by atoms with E-state index in [2.05, 4.69) is 15.0 Å². The van der Waals surface area contributed by atoms with Gasteiger partial charge in [-0.15, -0.1) is 0 Å². The molecule has 178 valence electrons. The molecule has 0 fully saturated rings. The molecule has 5 rings (SSSR count). The molecule has 1 aliphatic rings. The first-order valence-electron chi connectivity index (χ1n) is 11.0. The highest BCUT2D eigenvalue weighted by molar-refractivity contribution is 8.15. The van der Waals surface area contributed by atoms with Gasteiger partial charge in [-0.1, -0.05) is 47.1 Å². The van der Waals surface area contributed by atoms with Gasteiger partial charge in [0.2, 0.25) is 0 Å². The van der Waals surface area contributed by atoms with Gasteiger partial charge in [0.25, 0.3) is 0 Å². The Labute approximate surface area is 211 Å². The van der Waals surface area contributed by atoms with Crippen LogP contribution in [0.1, 0.15) is 23.4 Å². The summed E-state index contributed by atoms with van der Waals surface area (Å²) in [6, 6.07) is 19.0. The lowest BCUT2D eigenvalue weighted by molar-refractivity contribution is -0.136. The molecular formula is C26H22ClN3O4S. The Morgan fingerprint density at radius 2 is 2.00 bits per heavy atom. The van der Waals surface area contributed by atoms with Crippen LogP contribution in [0.5, 0.6) is 17.2 Å². The molecule has 0 radical (unpaired) electrons. The number of rotatable bonds is 8. The molecule has 0 saturated heterocycles. The molecule has 0 amide bonds. The maximum absolute atomic E-state index is 11.1. The van der Waals surface area contributed by atoms with Gasteiger partial charge in [0.15, 0.2) is 0 Å². The van der Waals surface area contributed by atoms with Gasteiger partial charge in [0.1, 0.15) is 34.1 Å². The molecule has 0 saturated carbocycles. The van der Waals surface area contributed by atoms with Crippen molar-refractivity contribution in [1.29, 1.82) is 0 Å². The number of pyridine rings is 1. The number of thioether (sulfide) groups is 1. The van der Waals surface area contributed by atoms with Crippen LogP contribution >= 0.6 is 23.4 Å². The summed E-state index contributed by atoms with van der Waals surface area (Å²) < 4.78 is 12.3. The van der Waals surface area contributed by atoms with Gasteiger partial charge in [-0.2, -0.15) is 0 Å². The Morgan fingerprint density at radius 1 is 1.17 bits per heavy atom. The standard InChI is InChI=1S/C26H22ClN3O4S/c1-15-5-7-18(8-6-15)34-19-9-16-10-21(26-28-13-20(35-26)12-24(31)32)30-25(16)22(11-19)33-14-17-3-2-4-23(27)29-17/h2-11,20,30H,12-14H2,1H3,(H,31,32). The lowest BCUT2D eigenvalue weighted by atomic mass is 10.2. The Bertz CT molecular complexity index is 1420. The quantitative estimate of drug-likeness (QED) is 0.274. The number of ether oxygens (including phenoxy) is 2. The third-order valence-corrected chi connectivity index (χ3v) is 6.85. The fourth-order valence-corrected chi connectivity index (χ4v) is 5.02. The molecule has 3 heterocycles. The minimum absolute atomic E-state index is 0.0704. The summed E-state index contributed by atoms with van der Waals surface area (Å²) in [6.45, 7) is 2.74. The number of carboxylic acid groups (broad SMARTS) is 1. The summed E-state index contributed by atoms with van der Waals surface area (Å²) in [5, 5.41) is 11.1. The van der Waals surface area contributed by atoms with Crippen molar-refractivity contribution in [3.8, 4) is 17.2 Å². The van der Waals surface area contributed by atoms with E-state index in [9.17, 15) is 4.79 Å². The van der Waals surface area contributed by atoms with E-state index in [0.29, 0.717) is 28.9 Å². The van der Waals surface area contributed by atoms with Gasteiger partial charge in [0, 0.05) is 16.7 Å². The Hall–Kier alpha value is -3.49. The van der Waals surface area contributed by atoms with Crippen LogP contribution in [0.3, 0.4) is 0 Å². The number of aromatic amines is 1. The van der Waals surface area contributed by atoms with Crippen LogP contribution in [0.25, 0.3) is 10.9 Å². The summed E-state index contributed by atoms with van der Waals surface area (Å²) in [7, 11) is 0. The molecule has 0 spiro atoms. The summed E-state index contributed by atoms with van der Waals surface area (Å²) >= 11 is 7.50. The lowest BCUT2D eigenvalue weighted by Crippen LogP contribution is -2.10. The number of H-pyrrole nitrogens is 1. The summed E-state index contributed by atoms with van der Waals surface area (Å²) in [5.74, 6) is 1.13. The van der Waals surface area contributed by atoms with E-state index in [1.54, 1.807) is 6.07 Å². The zero-order valence-corrected chi connectivity index (χ0v) is 20.4. The summed E-state index contributed by atoms with van der Waals surface area (Å²) in [4.78, 5) is 23.3. The largest absolute Gasteiger partial charge is 0.485 e. The number of hydrogen-bond donors (Lipinski definition) is 2. The number of halogens is 1. The topological polar surface area (TPSA) is 96.8 Å². The summed E-state index contributed by atoms with van der Waals surface area (Å²) in [5.41, 5.74) is 3.46. The molecule has 1 atom stereocenters. The Balaban J connectivity index is 1.46.